The third-order valence-corrected chi connectivity index (χ3v) is 6.75. The zero-order chi connectivity index (χ0) is 21.3. The summed E-state index contributed by atoms with van der Waals surface area (Å²) in [5, 5.41) is 11.8. The molecule has 0 saturated carbocycles. The number of nitrogens with one attached hydrogen (secondary N) is 1. The monoisotopic (exact) mass is 434 g/mol. The van der Waals surface area contributed by atoms with Crippen LogP contribution in [0.3, 0.4) is 0 Å². The highest BCUT2D eigenvalue weighted by atomic mass is 35.5. The van der Waals surface area contributed by atoms with Crippen LogP contribution in [-0.2, 0) is 4.87 Å². The van der Waals surface area contributed by atoms with E-state index >= 15 is 0 Å². The molecule has 3 N–H and O–H groups in total. The van der Waals surface area contributed by atoms with Gasteiger partial charge in [-0.2, -0.15) is 0 Å². The topological polar surface area (TPSA) is 59.1 Å². The van der Waals surface area contributed by atoms with Gasteiger partial charge in [0.15, 0.2) is 0 Å². The summed E-state index contributed by atoms with van der Waals surface area (Å²) in [6.45, 7) is 4.02. The van der Waals surface area contributed by atoms with E-state index in [-0.39, 0.29) is 11.9 Å². The first-order chi connectivity index (χ1) is 14.4. The molecule has 4 aromatic rings. The van der Waals surface area contributed by atoms with Gasteiger partial charge in [-0.1, -0.05) is 42.5 Å². The molecule has 1 atom stereocenters. The average Bonchev–Trinajstić information content (AvgIpc) is 3.27. The SMILES string of the molecule is CC(C)Oc1cccc(C(Cl)(c2ccc3cc(C(=N)N)ccc3c2)c2cccs2)c1. The molecule has 0 bridgehead atoms. The fraction of sp³-hybridized carbons (Fsp3) is 0.160. The maximum atomic E-state index is 7.67. The molecule has 30 heavy (non-hydrogen) atoms. The lowest BCUT2D eigenvalue weighted by Crippen LogP contribution is -2.21. The van der Waals surface area contributed by atoms with Gasteiger partial charge in [-0.3, -0.25) is 5.41 Å². The van der Waals surface area contributed by atoms with Crippen molar-refractivity contribution in [2.45, 2.75) is 24.8 Å². The summed E-state index contributed by atoms with van der Waals surface area (Å²) in [6, 6.07) is 24.1. The number of amidine groups is 1. The number of nitrogen functional groups attached to an aromatic ring is 1. The summed E-state index contributed by atoms with van der Waals surface area (Å²) in [5.74, 6) is 0.865. The summed E-state index contributed by atoms with van der Waals surface area (Å²) in [5.41, 5.74) is 8.30. The van der Waals surface area contributed by atoms with Crippen molar-refractivity contribution >= 4 is 39.5 Å². The second-order valence-electron chi connectivity index (χ2n) is 7.52. The number of hydrogen-bond acceptors (Lipinski definition) is 3. The molecular weight excluding hydrogens is 412 g/mol. The Bertz CT molecular complexity index is 1200. The highest BCUT2D eigenvalue weighted by Crippen LogP contribution is 2.46. The summed E-state index contributed by atoms with van der Waals surface area (Å²) in [6.07, 6.45) is 0.0860. The second-order valence-corrected chi connectivity index (χ2v) is 9.04. The van der Waals surface area contributed by atoms with Gasteiger partial charge >= 0.3 is 0 Å². The normalized spacial score (nSPS) is 13.3. The maximum absolute atomic E-state index is 7.67. The van der Waals surface area contributed by atoms with E-state index in [0.29, 0.717) is 5.56 Å². The van der Waals surface area contributed by atoms with Gasteiger partial charge in [0.05, 0.1) is 6.10 Å². The van der Waals surface area contributed by atoms with Gasteiger partial charge in [0, 0.05) is 10.4 Å². The number of rotatable bonds is 6. The molecule has 1 unspecified atom stereocenters. The van der Waals surface area contributed by atoms with E-state index in [4.69, 9.17) is 27.5 Å². The predicted molar refractivity (Wildman–Crippen MR) is 127 cm³/mol. The van der Waals surface area contributed by atoms with Crippen LogP contribution in [0, 0.1) is 5.41 Å². The molecule has 0 aliphatic carbocycles. The van der Waals surface area contributed by atoms with E-state index in [2.05, 4.69) is 18.2 Å². The number of nitrogens with two attached hydrogens (primary N) is 1. The maximum Gasteiger partial charge on any atom is 0.129 e. The molecule has 0 aliphatic rings. The lowest BCUT2D eigenvalue weighted by atomic mass is 9.87. The number of alkyl halides is 1. The minimum absolute atomic E-state index is 0.0632. The van der Waals surface area contributed by atoms with Crippen LogP contribution >= 0.6 is 22.9 Å². The molecule has 0 fully saturated rings. The third kappa shape index (κ3) is 3.81. The van der Waals surface area contributed by atoms with Crippen molar-refractivity contribution in [1.29, 1.82) is 5.41 Å². The van der Waals surface area contributed by atoms with Crippen molar-refractivity contribution in [1.82, 2.24) is 0 Å². The second kappa shape index (κ2) is 8.13. The van der Waals surface area contributed by atoms with E-state index in [1.165, 1.54) is 0 Å². The van der Waals surface area contributed by atoms with Crippen LogP contribution in [0.2, 0.25) is 0 Å². The first-order valence-electron chi connectivity index (χ1n) is 9.76. The van der Waals surface area contributed by atoms with Crippen molar-refractivity contribution in [2.24, 2.45) is 5.73 Å². The molecule has 1 heterocycles. The van der Waals surface area contributed by atoms with Crippen LogP contribution in [-0.4, -0.2) is 11.9 Å². The molecule has 0 amide bonds. The number of benzene rings is 3. The van der Waals surface area contributed by atoms with Crippen LogP contribution in [0.15, 0.2) is 78.2 Å². The molecule has 1 aromatic heterocycles. The number of halogens is 1. The van der Waals surface area contributed by atoms with E-state index in [0.717, 1.165) is 32.5 Å². The van der Waals surface area contributed by atoms with Gasteiger partial charge < -0.3 is 10.5 Å². The smallest absolute Gasteiger partial charge is 0.129 e. The van der Waals surface area contributed by atoms with Crippen molar-refractivity contribution in [3.05, 3.63) is 99.7 Å². The van der Waals surface area contributed by atoms with E-state index < -0.39 is 4.87 Å². The van der Waals surface area contributed by atoms with E-state index in [1.54, 1.807) is 11.3 Å². The zero-order valence-corrected chi connectivity index (χ0v) is 18.4. The van der Waals surface area contributed by atoms with Gasteiger partial charge in [0.2, 0.25) is 0 Å². The Kier molecular flexibility index (Phi) is 5.54. The minimum atomic E-state index is -0.835. The molecular formula is C25H23ClN2OS. The minimum Gasteiger partial charge on any atom is -0.491 e. The van der Waals surface area contributed by atoms with Crippen LogP contribution < -0.4 is 10.5 Å². The van der Waals surface area contributed by atoms with Crippen LogP contribution in [0.4, 0.5) is 0 Å². The Morgan fingerprint density at radius 1 is 0.967 bits per heavy atom. The first kappa shape index (κ1) is 20.5. The van der Waals surface area contributed by atoms with Crippen LogP contribution in [0.1, 0.15) is 35.4 Å². The summed E-state index contributed by atoms with van der Waals surface area (Å²) >= 11 is 9.08. The lowest BCUT2D eigenvalue weighted by Gasteiger charge is -2.28. The molecule has 3 nitrogen and oxygen atoms in total. The number of hydrogen-bond donors (Lipinski definition) is 2. The predicted octanol–water partition coefficient (Wildman–Crippen LogP) is 6.50. The molecule has 0 saturated heterocycles. The highest BCUT2D eigenvalue weighted by Gasteiger charge is 2.35. The summed E-state index contributed by atoms with van der Waals surface area (Å²) in [4.78, 5) is 0.211. The molecule has 152 valence electrons. The quantitative estimate of drug-likeness (QED) is 0.206. The third-order valence-electron chi connectivity index (χ3n) is 5.01. The Labute approximate surface area is 185 Å². The fourth-order valence-corrected chi connectivity index (χ4v) is 4.90. The van der Waals surface area contributed by atoms with Gasteiger partial charge in [-0.05, 0) is 71.5 Å². The largest absolute Gasteiger partial charge is 0.491 e. The van der Waals surface area contributed by atoms with Crippen molar-refractivity contribution in [3.8, 4) is 5.75 Å². The lowest BCUT2D eigenvalue weighted by molar-refractivity contribution is 0.242. The van der Waals surface area contributed by atoms with Gasteiger partial charge in [0.1, 0.15) is 16.5 Å². The number of ether oxygens (including phenoxy) is 1. The van der Waals surface area contributed by atoms with Crippen molar-refractivity contribution < 1.29 is 4.74 Å². The Hall–Kier alpha value is -2.82. The van der Waals surface area contributed by atoms with Crippen LogP contribution in [0.25, 0.3) is 10.8 Å². The Morgan fingerprint density at radius 2 is 1.70 bits per heavy atom. The molecule has 0 aliphatic heterocycles. The highest BCUT2D eigenvalue weighted by molar-refractivity contribution is 7.10. The zero-order valence-electron chi connectivity index (χ0n) is 16.9. The van der Waals surface area contributed by atoms with E-state index in [1.807, 2.05) is 73.8 Å². The Morgan fingerprint density at radius 3 is 2.40 bits per heavy atom. The van der Waals surface area contributed by atoms with E-state index in [9.17, 15) is 0 Å². The van der Waals surface area contributed by atoms with Crippen molar-refractivity contribution in [3.63, 3.8) is 0 Å². The number of fused-ring (bicyclic) bond motifs is 1. The van der Waals surface area contributed by atoms with Gasteiger partial charge in [0.25, 0.3) is 0 Å². The van der Waals surface area contributed by atoms with Gasteiger partial charge in [-0.25, -0.2) is 0 Å². The Balaban J connectivity index is 1.88. The first-order valence-corrected chi connectivity index (χ1v) is 11.0. The molecule has 0 radical (unpaired) electrons. The molecule has 0 spiro atoms. The molecule has 3 aromatic carbocycles. The molecule has 4 rings (SSSR count). The van der Waals surface area contributed by atoms with Crippen LogP contribution in [0.5, 0.6) is 5.75 Å². The summed E-state index contributed by atoms with van der Waals surface area (Å²) < 4.78 is 5.92. The standard InChI is InChI=1S/C25H23ClN2OS/c1-16(2)29-22-6-3-5-20(15-22)25(26,23-7-4-12-30-23)21-11-10-17-13-19(24(27)28)9-8-18(17)14-21/h3-16H,1-2H3,(H3,27,28). The van der Waals surface area contributed by atoms with Gasteiger partial charge in [-0.15, -0.1) is 22.9 Å². The molecule has 5 heteroatoms. The summed E-state index contributed by atoms with van der Waals surface area (Å²) in [7, 11) is 0. The average molecular weight is 435 g/mol. The fourth-order valence-electron chi connectivity index (χ4n) is 3.61. The van der Waals surface area contributed by atoms with Crippen molar-refractivity contribution in [2.75, 3.05) is 0 Å². The number of thiophene rings is 1.